The van der Waals surface area contributed by atoms with Crippen LogP contribution in [-0.2, 0) is 4.79 Å². The predicted octanol–water partition coefficient (Wildman–Crippen LogP) is 2.33. The van der Waals surface area contributed by atoms with Crippen LogP contribution < -0.4 is 14.8 Å². The first kappa shape index (κ1) is 14.4. The lowest BCUT2D eigenvalue weighted by atomic mass is 10.3. The molecule has 0 aliphatic heterocycles. The van der Waals surface area contributed by atoms with Crippen molar-refractivity contribution in [3.05, 3.63) is 35.9 Å². The van der Waals surface area contributed by atoms with E-state index < -0.39 is 0 Å². The summed E-state index contributed by atoms with van der Waals surface area (Å²) >= 11 is 5.53. The Labute approximate surface area is 112 Å². The summed E-state index contributed by atoms with van der Waals surface area (Å²) in [6.07, 6.45) is 0.274. The number of methoxy groups -OCH3 is 1. The second-order valence-electron chi connectivity index (χ2n) is 3.57. The van der Waals surface area contributed by atoms with Crippen molar-refractivity contribution in [2.75, 3.05) is 20.3 Å². The van der Waals surface area contributed by atoms with Gasteiger partial charge >= 0.3 is 0 Å². The van der Waals surface area contributed by atoms with Gasteiger partial charge in [0.05, 0.1) is 26.7 Å². The summed E-state index contributed by atoms with van der Waals surface area (Å²) in [7, 11) is 1.60. The van der Waals surface area contributed by atoms with Crippen molar-refractivity contribution < 1.29 is 14.3 Å². The van der Waals surface area contributed by atoms with Gasteiger partial charge in [0.2, 0.25) is 5.91 Å². The van der Waals surface area contributed by atoms with Crippen LogP contribution in [0.3, 0.4) is 0 Å². The van der Waals surface area contributed by atoms with Gasteiger partial charge in [-0.05, 0) is 24.3 Å². The third-order valence-electron chi connectivity index (χ3n) is 2.13. The second kappa shape index (κ2) is 7.61. The Morgan fingerprint density at radius 2 is 1.94 bits per heavy atom. The first-order valence-corrected chi connectivity index (χ1v) is 5.86. The third-order valence-corrected chi connectivity index (χ3v) is 2.27. The lowest BCUT2D eigenvalue weighted by molar-refractivity contribution is -0.121. The number of carbonyl (C=O) groups is 1. The maximum absolute atomic E-state index is 11.3. The number of benzene rings is 1. The predicted molar refractivity (Wildman–Crippen MR) is 71.1 cm³/mol. The van der Waals surface area contributed by atoms with E-state index in [4.69, 9.17) is 21.1 Å². The summed E-state index contributed by atoms with van der Waals surface area (Å²) in [5.41, 5.74) is 0. The number of halogens is 1. The van der Waals surface area contributed by atoms with Gasteiger partial charge in [-0.15, -0.1) is 0 Å². The first-order chi connectivity index (χ1) is 8.61. The van der Waals surface area contributed by atoms with E-state index >= 15 is 0 Å². The molecule has 0 aliphatic rings. The van der Waals surface area contributed by atoms with Crippen LogP contribution in [0.5, 0.6) is 11.5 Å². The molecule has 0 heterocycles. The van der Waals surface area contributed by atoms with Gasteiger partial charge in [-0.1, -0.05) is 18.2 Å². The Bertz CT molecular complexity index is 403. The minimum absolute atomic E-state index is 0.120. The number of hydrogen-bond donors (Lipinski definition) is 1. The van der Waals surface area contributed by atoms with Gasteiger partial charge < -0.3 is 14.8 Å². The minimum Gasteiger partial charge on any atom is -0.497 e. The first-order valence-electron chi connectivity index (χ1n) is 5.48. The van der Waals surface area contributed by atoms with Gasteiger partial charge in [0.15, 0.2) is 0 Å². The fraction of sp³-hybridized carbons (Fsp3) is 0.308. The molecule has 5 heteroatoms. The molecule has 0 spiro atoms. The molecule has 0 saturated heterocycles. The molecule has 0 atom stereocenters. The largest absolute Gasteiger partial charge is 0.497 e. The Morgan fingerprint density at radius 1 is 1.33 bits per heavy atom. The fourth-order valence-corrected chi connectivity index (χ4v) is 1.28. The molecule has 0 aromatic heterocycles. The molecule has 0 fully saturated rings. The lowest BCUT2D eigenvalue weighted by Crippen LogP contribution is -2.25. The highest BCUT2D eigenvalue weighted by molar-refractivity contribution is 6.29. The molecule has 1 aromatic carbocycles. The zero-order chi connectivity index (χ0) is 13.4. The van der Waals surface area contributed by atoms with E-state index in [2.05, 4.69) is 11.9 Å². The maximum Gasteiger partial charge on any atom is 0.223 e. The lowest BCUT2D eigenvalue weighted by Gasteiger charge is -2.07. The van der Waals surface area contributed by atoms with Crippen LogP contribution in [0.15, 0.2) is 35.9 Å². The van der Waals surface area contributed by atoms with Gasteiger partial charge in [0.25, 0.3) is 0 Å². The highest BCUT2D eigenvalue weighted by atomic mass is 35.5. The van der Waals surface area contributed by atoms with E-state index in [0.717, 1.165) is 5.75 Å². The fourth-order valence-electron chi connectivity index (χ4n) is 1.22. The average Bonchev–Trinajstić information content (AvgIpc) is 2.37. The van der Waals surface area contributed by atoms with Gasteiger partial charge in [0.1, 0.15) is 11.5 Å². The van der Waals surface area contributed by atoms with Crippen LogP contribution in [0.1, 0.15) is 6.42 Å². The van der Waals surface area contributed by atoms with Crippen molar-refractivity contribution in [2.24, 2.45) is 0 Å². The molecule has 0 saturated carbocycles. The minimum atomic E-state index is -0.120. The van der Waals surface area contributed by atoms with Crippen LogP contribution in [0.2, 0.25) is 0 Å². The van der Waals surface area contributed by atoms with E-state index in [1.54, 1.807) is 31.4 Å². The van der Waals surface area contributed by atoms with Crippen LogP contribution in [0.25, 0.3) is 0 Å². The Kier molecular flexibility index (Phi) is 6.08. The van der Waals surface area contributed by atoms with Crippen molar-refractivity contribution in [3.8, 4) is 11.5 Å². The zero-order valence-corrected chi connectivity index (χ0v) is 11.0. The Balaban J connectivity index is 2.24. The van der Waals surface area contributed by atoms with Crippen molar-refractivity contribution in [1.29, 1.82) is 0 Å². The molecule has 0 radical (unpaired) electrons. The Morgan fingerprint density at radius 3 is 2.50 bits per heavy atom. The van der Waals surface area contributed by atoms with Gasteiger partial charge in [-0.2, -0.15) is 0 Å². The van der Waals surface area contributed by atoms with Crippen molar-refractivity contribution in [1.82, 2.24) is 5.32 Å². The van der Waals surface area contributed by atoms with Crippen LogP contribution >= 0.6 is 11.6 Å². The number of ether oxygens (including phenoxy) is 2. The van der Waals surface area contributed by atoms with E-state index in [-0.39, 0.29) is 18.9 Å². The molecule has 1 N–H and O–H groups in total. The number of amides is 1. The smallest absolute Gasteiger partial charge is 0.223 e. The van der Waals surface area contributed by atoms with Crippen molar-refractivity contribution >= 4 is 17.5 Å². The monoisotopic (exact) mass is 269 g/mol. The number of rotatable bonds is 7. The second-order valence-corrected chi connectivity index (χ2v) is 4.10. The number of carbonyl (C=O) groups excluding carboxylic acids is 1. The summed E-state index contributed by atoms with van der Waals surface area (Å²) in [4.78, 5) is 11.3. The SMILES string of the molecule is C=C(Cl)CNC(=O)CCOc1ccc(OC)cc1. The summed E-state index contributed by atoms with van der Waals surface area (Å²) < 4.78 is 10.4. The zero-order valence-electron chi connectivity index (χ0n) is 10.2. The molecular formula is C13H16ClNO3. The molecule has 0 aliphatic carbocycles. The number of hydrogen-bond acceptors (Lipinski definition) is 3. The van der Waals surface area contributed by atoms with E-state index in [0.29, 0.717) is 17.4 Å². The van der Waals surface area contributed by atoms with E-state index in [1.807, 2.05) is 0 Å². The molecule has 4 nitrogen and oxygen atoms in total. The molecule has 1 amide bonds. The molecule has 0 unspecified atom stereocenters. The van der Waals surface area contributed by atoms with E-state index in [9.17, 15) is 4.79 Å². The van der Waals surface area contributed by atoms with Crippen molar-refractivity contribution in [3.63, 3.8) is 0 Å². The molecule has 18 heavy (non-hydrogen) atoms. The summed E-state index contributed by atoms with van der Waals surface area (Å²) in [5.74, 6) is 1.34. The van der Waals surface area contributed by atoms with Crippen LogP contribution in [0, 0.1) is 0 Å². The highest BCUT2D eigenvalue weighted by Gasteiger charge is 2.02. The average molecular weight is 270 g/mol. The van der Waals surface area contributed by atoms with Gasteiger partial charge in [0, 0.05) is 5.03 Å². The normalized spacial score (nSPS) is 9.67. The Hall–Kier alpha value is -1.68. The standard InChI is InChI=1S/C13H16ClNO3/c1-10(14)9-15-13(16)7-8-18-12-5-3-11(17-2)4-6-12/h3-6H,1,7-9H2,2H3,(H,15,16). The topological polar surface area (TPSA) is 47.6 Å². The molecule has 98 valence electrons. The molecule has 0 bridgehead atoms. The van der Waals surface area contributed by atoms with E-state index in [1.165, 1.54) is 0 Å². The molecule has 1 aromatic rings. The summed E-state index contributed by atoms with van der Waals surface area (Å²) in [6.45, 7) is 4.07. The van der Waals surface area contributed by atoms with Crippen LogP contribution in [-0.4, -0.2) is 26.2 Å². The van der Waals surface area contributed by atoms with Gasteiger partial charge in [-0.3, -0.25) is 4.79 Å². The molecule has 1 rings (SSSR count). The summed E-state index contributed by atoms with van der Waals surface area (Å²) in [6, 6.07) is 7.18. The highest BCUT2D eigenvalue weighted by Crippen LogP contribution is 2.16. The summed E-state index contributed by atoms with van der Waals surface area (Å²) in [5, 5.41) is 3.02. The third kappa shape index (κ3) is 5.59. The maximum atomic E-state index is 11.3. The van der Waals surface area contributed by atoms with Crippen molar-refractivity contribution in [2.45, 2.75) is 6.42 Å². The quantitative estimate of drug-likeness (QED) is 0.826. The molecular weight excluding hydrogens is 254 g/mol. The van der Waals surface area contributed by atoms with Crippen LogP contribution in [0.4, 0.5) is 0 Å². The number of nitrogens with one attached hydrogen (secondary N) is 1. The van der Waals surface area contributed by atoms with Gasteiger partial charge in [-0.25, -0.2) is 0 Å².